The summed E-state index contributed by atoms with van der Waals surface area (Å²) in [7, 11) is 2.97. The van der Waals surface area contributed by atoms with Crippen LogP contribution in [0.15, 0.2) is 48.0 Å². The molecule has 2 fully saturated rings. The molecule has 0 aromatic heterocycles. The molecule has 2 aromatic rings. The van der Waals surface area contributed by atoms with Crippen molar-refractivity contribution in [3.05, 3.63) is 59.2 Å². The van der Waals surface area contributed by atoms with Crippen molar-refractivity contribution in [2.75, 3.05) is 14.2 Å². The highest BCUT2D eigenvalue weighted by atomic mass is 16.5. The highest BCUT2D eigenvalue weighted by Gasteiger charge is 2.49. The number of methoxy groups -OCH3 is 2. The molecule has 2 aromatic carbocycles. The molecule has 4 rings (SSSR count). The summed E-state index contributed by atoms with van der Waals surface area (Å²) in [4.78, 5) is 27.8. The number of benzene rings is 2. The van der Waals surface area contributed by atoms with Crippen LogP contribution >= 0.6 is 0 Å². The first kappa shape index (κ1) is 20.8. The van der Waals surface area contributed by atoms with Crippen molar-refractivity contribution in [3.63, 3.8) is 0 Å². The average molecular weight is 423 g/mol. The number of ketones is 1. The third-order valence-corrected chi connectivity index (χ3v) is 6.05. The first-order chi connectivity index (χ1) is 15.0. The van der Waals surface area contributed by atoms with Crippen LogP contribution in [0, 0.1) is 0 Å². The number of carbonyl (C=O) groups excluding carboxylic acids is 2. The molecule has 1 amide bonds. The molecular weight excluding hydrogens is 398 g/mol. The van der Waals surface area contributed by atoms with Crippen molar-refractivity contribution in [1.82, 2.24) is 4.90 Å². The second-order valence-electron chi connectivity index (χ2n) is 7.81. The number of hydrogen-bond acceptors (Lipinski definition) is 6. The van der Waals surface area contributed by atoms with E-state index in [0.717, 1.165) is 25.7 Å². The summed E-state index contributed by atoms with van der Waals surface area (Å²) in [6.45, 7) is 0. The fraction of sp³-hybridized carbons (Fsp3) is 0.333. The lowest BCUT2D eigenvalue weighted by atomic mass is 9.94. The van der Waals surface area contributed by atoms with Gasteiger partial charge < -0.3 is 24.6 Å². The van der Waals surface area contributed by atoms with Crippen LogP contribution in [0.1, 0.15) is 42.9 Å². The van der Waals surface area contributed by atoms with Crippen LogP contribution in [0.5, 0.6) is 17.2 Å². The van der Waals surface area contributed by atoms with Crippen molar-refractivity contribution in [1.29, 1.82) is 0 Å². The van der Waals surface area contributed by atoms with Gasteiger partial charge in [0.2, 0.25) is 0 Å². The van der Waals surface area contributed by atoms with Crippen LogP contribution in [0.2, 0.25) is 0 Å². The fourth-order valence-corrected chi connectivity index (χ4v) is 4.57. The van der Waals surface area contributed by atoms with E-state index in [1.165, 1.54) is 26.4 Å². The number of aliphatic hydroxyl groups excluding tert-OH is 1. The number of hydrogen-bond donors (Lipinski definition) is 2. The van der Waals surface area contributed by atoms with Gasteiger partial charge in [0.1, 0.15) is 23.0 Å². The van der Waals surface area contributed by atoms with E-state index in [4.69, 9.17) is 9.47 Å². The number of aliphatic hydroxyl groups is 1. The third kappa shape index (κ3) is 3.60. The maximum atomic E-state index is 13.1. The number of phenols is 1. The Morgan fingerprint density at radius 2 is 1.77 bits per heavy atom. The Labute approximate surface area is 180 Å². The topological polar surface area (TPSA) is 96.3 Å². The molecule has 0 spiro atoms. The van der Waals surface area contributed by atoms with Crippen molar-refractivity contribution in [2.24, 2.45) is 0 Å². The van der Waals surface area contributed by atoms with Gasteiger partial charge in [0.15, 0.2) is 0 Å². The summed E-state index contributed by atoms with van der Waals surface area (Å²) in [5.41, 5.74) is 0.851. The first-order valence-corrected chi connectivity index (χ1v) is 10.3. The molecule has 7 nitrogen and oxygen atoms in total. The molecule has 1 aliphatic heterocycles. The van der Waals surface area contributed by atoms with Crippen molar-refractivity contribution in [3.8, 4) is 17.2 Å². The van der Waals surface area contributed by atoms with Gasteiger partial charge in [-0.15, -0.1) is 0 Å². The zero-order valence-corrected chi connectivity index (χ0v) is 17.5. The number of carbonyl (C=O) groups is 2. The Hall–Kier alpha value is -3.48. The molecule has 2 N–H and O–H groups in total. The molecule has 7 heteroatoms. The van der Waals surface area contributed by atoms with Crippen molar-refractivity contribution < 1.29 is 29.3 Å². The van der Waals surface area contributed by atoms with E-state index in [2.05, 4.69) is 0 Å². The number of likely N-dealkylation sites (tertiary alicyclic amines) is 1. The normalized spacial score (nSPS) is 21.0. The zero-order chi connectivity index (χ0) is 22.1. The minimum absolute atomic E-state index is 0.00836. The molecule has 1 unspecified atom stereocenters. The Morgan fingerprint density at radius 3 is 2.42 bits per heavy atom. The van der Waals surface area contributed by atoms with E-state index in [0.29, 0.717) is 17.1 Å². The number of rotatable bonds is 5. The number of aromatic hydroxyl groups is 1. The van der Waals surface area contributed by atoms with Crippen LogP contribution in [-0.4, -0.2) is 47.1 Å². The van der Waals surface area contributed by atoms with E-state index in [-0.39, 0.29) is 28.7 Å². The smallest absolute Gasteiger partial charge is 0.295 e. The highest BCUT2D eigenvalue weighted by molar-refractivity contribution is 6.46. The van der Waals surface area contributed by atoms with Crippen LogP contribution < -0.4 is 9.47 Å². The fourth-order valence-electron chi connectivity index (χ4n) is 4.57. The Morgan fingerprint density at radius 1 is 1.03 bits per heavy atom. The van der Waals surface area contributed by atoms with E-state index >= 15 is 0 Å². The maximum absolute atomic E-state index is 13.1. The van der Waals surface area contributed by atoms with Crippen LogP contribution in [0.3, 0.4) is 0 Å². The SMILES string of the molecule is COc1ccc(/C(O)=C2/C(=O)C(=O)N(C3CCCC3)C2c2cccc(O)c2)c(OC)c1. The Bertz CT molecular complexity index is 1050. The summed E-state index contributed by atoms with van der Waals surface area (Å²) >= 11 is 0. The lowest BCUT2D eigenvalue weighted by molar-refractivity contribution is -0.141. The number of phenolic OH excluding ortho intramolecular Hbond substituents is 1. The van der Waals surface area contributed by atoms with E-state index in [9.17, 15) is 19.8 Å². The van der Waals surface area contributed by atoms with Gasteiger partial charge in [-0.1, -0.05) is 25.0 Å². The third-order valence-electron chi connectivity index (χ3n) is 6.05. The largest absolute Gasteiger partial charge is 0.508 e. The summed E-state index contributed by atoms with van der Waals surface area (Å²) in [6.07, 6.45) is 3.56. The van der Waals surface area contributed by atoms with E-state index in [1.807, 2.05) is 0 Å². The molecule has 1 aliphatic carbocycles. The van der Waals surface area contributed by atoms with Gasteiger partial charge in [0, 0.05) is 12.1 Å². The zero-order valence-electron chi connectivity index (χ0n) is 17.5. The standard InChI is InChI=1S/C24H25NO6/c1-30-17-10-11-18(19(13-17)31-2)22(27)20-21(14-6-5-9-16(26)12-14)25(24(29)23(20)28)15-7-3-4-8-15/h5-6,9-13,15,21,26-27H,3-4,7-8H2,1-2H3/b22-20-. The van der Waals surface area contributed by atoms with Gasteiger partial charge in [-0.25, -0.2) is 0 Å². The van der Waals surface area contributed by atoms with Crippen LogP contribution in [-0.2, 0) is 9.59 Å². The predicted octanol–water partition coefficient (Wildman–Crippen LogP) is 3.77. The summed E-state index contributed by atoms with van der Waals surface area (Å²) < 4.78 is 10.6. The molecule has 2 aliphatic rings. The second kappa shape index (κ2) is 8.34. The number of amides is 1. The van der Waals surface area contributed by atoms with Crippen LogP contribution in [0.4, 0.5) is 0 Å². The van der Waals surface area contributed by atoms with Crippen molar-refractivity contribution >= 4 is 17.4 Å². The molecule has 162 valence electrons. The summed E-state index contributed by atoms with van der Waals surface area (Å²) in [5.74, 6) is -0.809. The molecule has 0 bridgehead atoms. The molecule has 0 radical (unpaired) electrons. The minimum Gasteiger partial charge on any atom is -0.508 e. The second-order valence-corrected chi connectivity index (χ2v) is 7.81. The van der Waals surface area contributed by atoms with Gasteiger partial charge in [-0.2, -0.15) is 0 Å². The molecule has 1 heterocycles. The molecular formula is C24H25NO6. The Kier molecular flexibility index (Phi) is 5.59. The van der Waals surface area contributed by atoms with E-state index in [1.54, 1.807) is 35.2 Å². The van der Waals surface area contributed by atoms with Gasteiger partial charge in [0.25, 0.3) is 11.7 Å². The molecule has 31 heavy (non-hydrogen) atoms. The van der Waals surface area contributed by atoms with Crippen LogP contribution in [0.25, 0.3) is 5.76 Å². The monoisotopic (exact) mass is 423 g/mol. The highest BCUT2D eigenvalue weighted by Crippen LogP contribution is 2.45. The first-order valence-electron chi connectivity index (χ1n) is 10.3. The number of ether oxygens (including phenoxy) is 2. The van der Waals surface area contributed by atoms with E-state index < -0.39 is 17.7 Å². The minimum atomic E-state index is -0.790. The summed E-state index contributed by atoms with van der Waals surface area (Å²) in [6, 6.07) is 10.4. The maximum Gasteiger partial charge on any atom is 0.295 e. The molecule has 1 atom stereocenters. The lowest BCUT2D eigenvalue weighted by Gasteiger charge is -2.30. The van der Waals surface area contributed by atoms with Crippen molar-refractivity contribution in [2.45, 2.75) is 37.8 Å². The molecule has 1 saturated heterocycles. The quantitative estimate of drug-likeness (QED) is 0.432. The van der Waals surface area contributed by atoms with Gasteiger partial charge in [-0.3, -0.25) is 9.59 Å². The number of Topliss-reactive ketones (excluding diaryl/α,β-unsaturated/α-hetero) is 1. The van der Waals surface area contributed by atoms with Gasteiger partial charge in [-0.05, 0) is 42.7 Å². The lowest BCUT2D eigenvalue weighted by Crippen LogP contribution is -2.37. The predicted molar refractivity (Wildman–Crippen MR) is 114 cm³/mol. The average Bonchev–Trinajstić information content (AvgIpc) is 3.39. The number of nitrogens with zero attached hydrogens (tertiary/aromatic N) is 1. The summed E-state index contributed by atoms with van der Waals surface area (Å²) in [5, 5.41) is 21.3. The van der Waals surface area contributed by atoms with Gasteiger partial charge in [0.05, 0.1) is 31.4 Å². The Balaban J connectivity index is 1.91. The molecule has 1 saturated carbocycles. The van der Waals surface area contributed by atoms with Gasteiger partial charge >= 0.3 is 0 Å².